The predicted molar refractivity (Wildman–Crippen MR) is 112 cm³/mol. The van der Waals surface area contributed by atoms with Gasteiger partial charge in [-0.1, -0.05) is 22.0 Å². The van der Waals surface area contributed by atoms with Crippen LogP contribution in [0.1, 0.15) is 24.5 Å². The molecule has 3 heterocycles. The minimum absolute atomic E-state index is 0.576. The van der Waals surface area contributed by atoms with Crippen molar-refractivity contribution in [3.05, 3.63) is 58.3 Å². The van der Waals surface area contributed by atoms with Gasteiger partial charge in [-0.2, -0.15) is 0 Å². The van der Waals surface area contributed by atoms with Crippen molar-refractivity contribution >= 4 is 38.3 Å². The number of pyridine rings is 2. The van der Waals surface area contributed by atoms with Gasteiger partial charge in [-0.3, -0.25) is 9.88 Å². The third-order valence-corrected chi connectivity index (χ3v) is 5.97. The van der Waals surface area contributed by atoms with Crippen molar-refractivity contribution in [1.82, 2.24) is 14.9 Å². The summed E-state index contributed by atoms with van der Waals surface area (Å²) < 4.78 is 1.06. The van der Waals surface area contributed by atoms with Gasteiger partial charge < -0.3 is 10.4 Å². The average molecular weight is 427 g/mol. The van der Waals surface area contributed by atoms with Gasteiger partial charge in [0.1, 0.15) is 5.52 Å². The first kappa shape index (κ1) is 18.3. The first-order valence-corrected chi connectivity index (χ1v) is 9.91. The third-order valence-electron chi connectivity index (χ3n) is 5.11. The minimum atomic E-state index is -0.576. The first-order chi connectivity index (χ1) is 12.9. The number of nitrogens with zero attached hydrogens (tertiary/aromatic N) is 3. The normalized spacial score (nSPS) is 20.3. The molecule has 1 aliphatic rings. The number of halogens is 1. The van der Waals surface area contributed by atoms with Crippen molar-refractivity contribution in [2.75, 3.05) is 18.4 Å². The van der Waals surface area contributed by atoms with E-state index in [1.807, 2.05) is 43.6 Å². The Morgan fingerprint density at radius 1 is 1.30 bits per heavy atom. The van der Waals surface area contributed by atoms with Crippen LogP contribution in [0.25, 0.3) is 10.9 Å². The third kappa shape index (κ3) is 3.98. The van der Waals surface area contributed by atoms with Gasteiger partial charge in [0, 0.05) is 47.6 Å². The summed E-state index contributed by atoms with van der Waals surface area (Å²) in [6.45, 7) is 6.38. The summed E-state index contributed by atoms with van der Waals surface area (Å²) in [5, 5.41) is 14.6. The Balaban J connectivity index is 1.60. The Hall–Kier alpha value is -2.02. The zero-order valence-corrected chi connectivity index (χ0v) is 17.1. The van der Waals surface area contributed by atoms with Crippen LogP contribution < -0.4 is 5.32 Å². The fourth-order valence-corrected chi connectivity index (χ4v) is 3.95. The molecular weight excluding hydrogens is 404 g/mol. The number of β-amino-alcohol motifs (C(OH)–C–C–N with tert-alkyl or cyclic N) is 1. The first-order valence-electron chi connectivity index (χ1n) is 9.12. The number of rotatable bonds is 4. The van der Waals surface area contributed by atoms with Gasteiger partial charge in [0.2, 0.25) is 0 Å². The van der Waals surface area contributed by atoms with Crippen molar-refractivity contribution in [2.45, 2.75) is 32.4 Å². The summed E-state index contributed by atoms with van der Waals surface area (Å²) in [5.74, 6) is 0.754. The molecule has 27 heavy (non-hydrogen) atoms. The van der Waals surface area contributed by atoms with Gasteiger partial charge in [0.05, 0.1) is 5.60 Å². The van der Waals surface area contributed by atoms with E-state index in [-0.39, 0.29) is 0 Å². The van der Waals surface area contributed by atoms with E-state index < -0.39 is 5.60 Å². The van der Waals surface area contributed by atoms with Crippen molar-refractivity contribution in [1.29, 1.82) is 0 Å². The summed E-state index contributed by atoms with van der Waals surface area (Å²) >= 11 is 3.57. The molecule has 4 rings (SSSR count). The van der Waals surface area contributed by atoms with Crippen LogP contribution in [0.4, 0.5) is 11.5 Å². The standard InChI is InChI=1S/C21H23BrN4O/c1-14-17(22)4-3-5-18(14)25-20-19-16(6-8-23-20)10-15(11-24-19)12-26-9-7-21(2,27)13-26/h3-6,8,10-11,27H,7,9,12-13H2,1-2H3,(H,23,25)/t21-/m0/s1. The van der Waals surface area contributed by atoms with E-state index in [0.717, 1.165) is 57.5 Å². The molecule has 1 aliphatic heterocycles. The maximum atomic E-state index is 10.2. The summed E-state index contributed by atoms with van der Waals surface area (Å²) in [6, 6.07) is 10.2. The quantitative estimate of drug-likeness (QED) is 0.647. The molecule has 0 amide bonds. The van der Waals surface area contributed by atoms with E-state index in [1.54, 1.807) is 0 Å². The molecule has 6 heteroatoms. The van der Waals surface area contributed by atoms with Gasteiger partial charge >= 0.3 is 0 Å². The Morgan fingerprint density at radius 2 is 2.15 bits per heavy atom. The highest BCUT2D eigenvalue weighted by molar-refractivity contribution is 9.10. The monoisotopic (exact) mass is 426 g/mol. The van der Waals surface area contributed by atoms with Gasteiger partial charge in [-0.25, -0.2) is 4.98 Å². The molecular formula is C21H23BrN4O. The van der Waals surface area contributed by atoms with Crippen LogP contribution in [0.3, 0.4) is 0 Å². The molecule has 2 N–H and O–H groups in total. The second-order valence-electron chi connectivity index (χ2n) is 7.57. The van der Waals surface area contributed by atoms with Crippen molar-refractivity contribution in [3.63, 3.8) is 0 Å². The SMILES string of the molecule is Cc1c(Br)cccc1Nc1nccc2cc(CN3CC[C@](C)(O)C3)cnc12. The summed E-state index contributed by atoms with van der Waals surface area (Å²) in [5.41, 5.74) is 3.57. The van der Waals surface area contributed by atoms with Gasteiger partial charge in [0.15, 0.2) is 5.82 Å². The van der Waals surface area contributed by atoms with Crippen LogP contribution >= 0.6 is 15.9 Å². The van der Waals surface area contributed by atoms with Crippen LogP contribution in [0.2, 0.25) is 0 Å². The lowest BCUT2D eigenvalue weighted by Gasteiger charge is -2.19. The molecule has 140 valence electrons. The van der Waals surface area contributed by atoms with E-state index in [4.69, 9.17) is 0 Å². The molecule has 2 aromatic heterocycles. The second kappa shape index (κ2) is 7.19. The second-order valence-corrected chi connectivity index (χ2v) is 8.42. The number of likely N-dealkylation sites (tertiary alicyclic amines) is 1. The molecule has 1 aromatic carbocycles. The zero-order valence-electron chi connectivity index (χ0n) is 15.5. The van der Waals surface area contributed by atoms with Gasteiger partial charge in [-0.05, 0) is 55.7 Å². The van der Waals surface area contributed by atoms with Crippen LogP contribution in [0, 0.1) is 6.92 Å². The lowest BCUT2D eigenvalue weighted by atomic mass is 10.1. The zero-order chi connectivity index (χ0) is 19.0. The number of hydrogen-bond donors (Lipinski definition) is 2. The molecule has 0 unspecified atom stereocenters. The fraction of sp³-hybridized carbons (Fsp3) is 0.333. The van der Waals surface area contributed by atoms with E-state index in [9.17, 15) is 5.11 Å². The number of anilines is 2. The lowest BCUT2D eigenvalue weighted by Crippen LogP contribution is -2.29. The molecule has 0 bridgehead atoms. The molecule has 0 radical (unpaired) electrons. The molecule has 0 spiro atoms. The number of nitrogens with one attached hydrogen (secondary N) is 1. The van der Waals surface area contributed by atoms with E-state index in [0.29, 0.717) is 6.54 Å². The Morgan fingerprint density at radius 3 is 2.93 bits per heavy atom. The van der Waals surface area contributed by atoms with Crippen LogP contribution in [-0.4, -0.2) is 38.7 Å². The maximum Gasteiger partial charge on any atom is 0.156 e. The molecule has 1 fully saturated rings. The molecule has 1 saturated heterocycles. The number of hydrogen-bond acceptors (Lipinski definition) is 5. The molecule has 0 aliphatic carbocycles. The highest BCUT2D eigenvalue weighted by Gasteiger charge is 2.31. The maximum absolute atomic E-state index is 10.2. The minimum Gasteiger partial charge on any atom is -0.389 e. The molecule has 0 saturated carbocycles. The Kier molecular flexibility index (Phi) is 4.88. The van der Waals surface area contributed by atoms with Crippen molar-refractivity contribution in [3.8, 4) is 0 Å². The lowest BCUT2D eigenvalue weighted by molar-refractivity contribution is 0.0679. The van der Waals surface area contributed by atoms with Gasteiger partial charge in [0.25, 0.3) is 0 Å². The van der Waals surface area contributed by atoms with Crippen molar-refractivity contribution < 1.29 is 5.11 Å². The topological polar surface area (TPSA) is 61.3 Å². The van der Waals surface area contributed by atoms with Crippen LogP contribution in [0.15, 0.2) is 47.2 Å². The number of benzene rings is 1. The summed E-state index contributed by atoms with van der Waals surface area (Å²) in [7, 11) is 0. The molecule has 5 nitrogen and oxygen atoms in total. The smallest absolute Gasteiger partial charge is 0.156 e. The van der Waals surface area contributed by atoms with Crippen LogP contribution in [0.5, 0.6) is 0 Å². The highest BCUT2D eigenvalue weighted by Crippen LogP contribution is 2.29. The van der Waals surface area contributed by atoms with Gasteiger partial charge in [-0.15, -0.1) is 0 Å². The number of aliphatic hydroxyl groups is 1. The summed E-state index contributed by atoms with van der Waals surface area (Å²) in [6.07, 6.45) is 4.54. The molecule has 3 aromatic rings. The van der Waals surface area contributed by atoms with E-state index >= 15 is 0 Å². The number of aromatic nitrogens is 2. The van der Waals surface area contributed by atoms with E-state index in [1.165, 1.54) is 0 Å². The number of fused-ring (bicyclic) bond motifs is 1. The fourth-order valence-electron chi connectivity index (χ4n) is 3.59. The molecule has 1 atom stereocenters. The van der Waals surface area contributed by atoms with E-state index in [2.05, 4.69) is 49.1 Å². The highest BCUT2D eigenvalue weighted by atomic mass is 79.9. The average Bonchev–Trinajstić information content (AvgIpc) is 2.97. The Bertz CT molecular complexity index is 989. The van der Waals surface area contributed by atoms with Crippen molar-refractivity contribution in [2.24, 2.45) is 0 Å². The van der Waals surface area contributed by atoms with Crippen LogP contribution in [-0.2, 0) is 6.54 Å². The Labute approximate surface area is 167 Å². The largest absolute Gasteiger partial charge is 0.389 e. The predicted octanol–water partition coefficient (Wildman–Crippen LogP) is 4.40. The summed E-state index contributed by atoms with van der Waals surface area (Å²) in [4.78, 5) is 11.4.